The smallest absolute Gasteiger partial charge is 0.415 e. The third kappa shape index (κ3) is 4.39. The Bertz CT molecular complexity index is 1160. The predicted molar refractivity (Wildman–Crippen MR) is 120 cm³/mol. The number of hydrogen-bond acceptors (Lipinski definition) is 7. The summed E-state index contributed by atoms with van der Waals surface area (Å²) in [4.78, 5) is 25.1. The Hall–Kier alpha value is -3.17. The Labute approximate surface area is 189 Å². The molecule has 168 valence electrons. The number of ether oxygens (including phenoxy) is 2. The van der Waals surface area contributed by atoms with Crippen LogP contribution >= 0.6 is 11.6 Å². The number of carbonyl (C=O) groups excluding carboxylic acids is 1. The lowest BCUT2D eigenvalue weighted by atomic mass is 10.2. The number of aromatic nitrogens is 2. The van der Waals surface area contributed by atoms with Crippen molar-refractivity contribution in [3.8, 4) is 11.5 Å². The molecule has 1 aliphatic rings. The number of hydrogen-bond donors (Lipinski definition) is 1. The maximum atomic E-state index is 14.4. The van der Waals surface area contributed by atoms with Gasteiger partial charge in [-0.1, -0.05) is 17.7 Å². The van der Waals surface area contributed by atoms with Crippen molar-refractivity contribution in [1.29, 1.82) is 0 Å². The standard InChI is InChI=1S/C22H23ClFN5O3/c1-13-11-29(8-7-28(13)2)22(30)32-19-9-14-17(10-18(19)31-3)25-12-26-21(14)27-16-6-4-5-15(23)20(16)24/h4-6,9-10,12-13H,7-8,11H2,1-3H3,(H,25,26,27)/t13-/m0/s1. The molecule has 1 fully saturated rings. The fraction of sp³-hybridized carbons (Fsp3) is 0.318. The first kappa shape index (κ1) is 22.0. The number of piperazine rings is 1. The fourth-order valence-electron chi connectivity index (χ4n) is 3.50. The van der Waals surface area contributed by atoms with E-state index < -0.39 is 11.9 Å². The molecule has 32 heavy (non-hydrogen) atoms. The number of fused-ring (bicyclic) bond motifs is 1. The summed E-state index contributed by atoms with van der Waals surface area (Å²) in [6.45, 7) is 3.95. The summed E-state index contributed by atoms with van der Waals surface area (Å²) >= 11 is 5.88. The zero-order chi connectivity index (χ0) is 22.8. The van der Waals surface area contributed by atoms with Crippen LogP contribution in [0.5, 0.6) is 11.5 Å². The van der Waals surface area contributed by atoms with Crippen molar-refractivity contribution in [3.63, 3.8) is 0 Å². The molecule has 2 aromatic carbocycles. The lowest BCUT2D eigenvalue weighted by molar-refractivity contribution is 0.0931. The van der Waals surface area contributed by atoms with Gasteiger partial charge in [-0.15, -0.1) is 0 Å². The van der Waals surface area contributed by atoms with E-state index in [2.05, 4.69) is 27.1 Å². The van der Waals surface area contributed by atoms with E-state index in [0.717, 1.165) is 6.54 Å². The maximum Gasteiger partial charge on any atom is 0.415 e. The summed E-state index contributed by atoms with van der Waals surface area (Å²) in [5, 5.41) is 3.46. The average Bonchev–Trinajstić information content (AvgIpc) is 2.78. The van der Waals surface area contributed by atoms with Crippen LogP contribution in [0.15, 0.2) is 36.7 Å². The third-order valence-corrected chi connectivity index (χ3v) is 5.83. The molecule has 10 heteroatoms. The molecule has 0 unspecified atom stereocenters. The number of methoxy groups -OCH3 is 1. The van der Waals surface area contributed by atoms with E-state index in [1.807, 2.05) is 7.05 Å². The van der Waals surface area contributed by atoms with Gasteiger partial charge < -0.3 is 24.6 Å². The van der Waals surface area contributed by atoms with Crippen LogP contribution in [0.3, 0.4) is 0 Å². The summed E-state index contributed by atoms with van der Waals surface area (Å²) in [7, 11) is 3.51. The zero-order valence-corrected chi connectivity index (χ0v) is 18.7. The van der Waals surface area contributed by atoms with Gasteiger partial charge in [0.15, 0.2) is 17.3 Å². The minimum absolute atomic E-state index is 0.00828. The molecule has 0 saturated carbocycles. The highest BCUT2D eigenvalue weighted by Crippen LogP contribution is 2.36. The van der Waals surface area contributed by atoms with Crippen molar-refractivity contribution < 1.29 is 18.7 Å². The van der Waals surface area contributed by atoms with Crippen LogP contribution in [0.2, 0.25) is 5.02 Å². The molecule has 4 rings (SSSR count). The Morgan fingerprint density at radius 3 is 2.81 bits per heavy atom. The van der Waals surface area contributed by atoms with Crippen molar-refractivity contribution in [3.05, 3.63) is 47.5 Å². The summed E-state index contributed by atoms with van der Waals surface area (Å²) < 4.78 is 25.5. The van der Waals surface area contributed by atoms with Crippen LogP contribution in [0.1, 0.15) is 6.92 Å². The number of benzene rings is 2. The van der Waals surface area contributed by atoms with Crippen molar-refractivity contribution in [2.45, 2.75) is 13.0 Å². The topological polar surface area (TPSA) is 79.8 Å². The molecule has 0 spiro atoms. The van der Waals surface area contributed by atoms with Crippen molar-refractivity contribution >= 4 is 40.1 Å². The first-order valence-electron chi connectivity index (χ1n) is 10.1. The monoisotopic (exact) mass is 459 g/mol. The number of amides is 1. The largest absolute Gasteiger partial charge is 0.493 e. The maximum absolute atomic E-state index is 14.4. The number of carbonyl (C=O) groups is 1. The van der Waals surface area contributed by atoms with Crippen LogP contribution in [0, 0.1) is 5.82 Å². The molecule has 0 radical (unpaired) electrons. The highest BCUT2D eigenvalue weighted by atomic mass is 35.5. The molecule has 1 atom stereocenters. The van der Waals surface area contributed by atoms with Crippen LogP contribution in [0.4, 0.5) is 20.7 Å². The Morgan fingerprint density at radius 2 is 2.06 bits per heavy atom. The Balaban J connectivity index is 1.66. The van der Waals surface area contributed by atoms with Gasteiger partial charge in [-0.25, -0.2) is 19.2 Å². The number of nitrogens with zero attached hydrogens (tertiary/aromatic N) is 4. The number of nitrogens with one attached hydrogen (secondary N) is 1. The molecule has 8 nitrogen and oxygen atoms in total. The van der Waals surface area contributed by atoms with Gasteiger partial charge in [0, 0.05) is 37.1 Å². The normalized spacial score (nSPS) is 16.8. The lowest BCUT2D eigenvalue weighted by Crippen LogP contribution is -2.52. The van der Waals surface area contributed by atoms with Crippen molar-refractivity contribution in [2.24, 2.45) is 0 Å². The second-order valence-corrected chi connectivity index (χ2v) is 8.02. The molecule has 1 aliphatic heterocycles. The second kappa shape index (κ2) is 9.13. The van der Waals surface area contributed by atoms with Crippen LogP contribution in [-0.4, -0.2) is 65.7 Å². The van der Waals surface area contributed by atoms with Gasteiger partial charge in [-0.2, -0.15) is 0 Å². The van der Waals surface area contributed by atoms with Gasteiger partial charge in [0.1, 0.15) is 12.1 Å². The first-order valence-corrected chi connectivity index (χ1v) is 10.5. The van der Waals surface area contributed by atoms with Gasteiger partial charge >= 0.3 is 6.09 Å². The van der Waals surface area contributed by atoms with E-state index in [0.29, 0.717) is 35.6 Å². The predicted octanol–water partition coefficient (Wildman–Crippen LogP) is 4.31. The quantitative estimate of drug-likeness (QED) is 0.622. The zero-order valence-electron chi connectivity index (χ0n) is 17.9. The lowest BCUT2D eigenvalue weighted by Gasteiger charge is -2.36. The second-order valence-electron chi connectivity index (χ2n) is 7.61. The van der Waals surface area contributed by atoms with Crippen LogP contribution in [-0.2, 0) is 0 Å². The molecule has 0 aliphatic carbocycles. The van der Waals surface area contributed by atoms with Crippen LogP contribution in [0.25, 0.3) is 10.9 Å². The van der Waals surface area contributed by atoms with Gasteiger partial charge in [0.2, 0.25) is 0 Å². The molecule has 1 saturated heterocycles. The molecule has 1 N–H and O–H groups in total. The highest BCUT2D eigenvalue weighted by molar-refractivity contribution is 6.31. The minimum atomic E-state index is -0.592. The molecule has 1 aromatic heterocycles. The molecule has 3 aromatic rings. The summed E-state index contributed by atoms with van der Waals surface area (Å²) in [6.07, 6.45) is 0.888. The molecular weight excluding hydrogens is 437 g/mol. The highest BCUT2D eigenvalue weighted by Gasteiger charge is 2.26. The van der Waals surface area contributed by atoms with E-state index >= 15 is 0 Å². The summed E-state index contributed by atoms with van der Waals surface area (Å²) in [5.41, 5.74) is 0.702. The summed E-state index contributed by atoms with van der Waals surface area (Å²) in [6, 6.07) is 8.12. The molecular formula is C22H23ClFN5O3. The molecule has 2 heterocycles. The van der Waals surface area contributed by atoms with Gasteiger partial charge in [-0.05, 0) is 32.2 Å². The van der Waals surface area contributed by atoms with E-state index in [1.165, 1.54) is 19.5 Å². The fourth-order valence-corrected chi connectivity index (χ4v) is 3.68. The number of rotatable bonds is 4. The van der Waals surface area contributed by atoms with E-state index in [-0.39, 0.29) is 22.5 Å². The molecule has 0 bridgehead atoms. The minimum Gasteiger partial charge on any atom is -0.493 e. The first-order chi connectivity index (χ1) is 15.4. The van der Waals surface area contributed by atoms with Crippen LogP contribution < -0.4 is 14.8 Å². The van der Waals surface area contributed by atoms with Gasteiger partial charge in [-0.3, -0.25) is 0 Å². The summed E-state index contributed by atoms with van der Waals surface area (Å²) in [5.74, 6) is 0.322. The number of likely N-dealkylation sites (N-methyl/N-ethyl adjacent to an activating group) is 1. The van der Waals surface area contributed by atoms with E-state index in [1.54, 1.807) is 29.2 Å². The van der Waals surface area contributed by atoms with E-state index in [9.17, 15) is 9.18 Å². The van der Waals surface area contributed by atoms with Gasteiger partial charge in [0.05, 0.1) is 23.3 Å². The number of halogens is 2. The Kier molecular flexibility index (Phi) is 6.29. The third-order valence-electron chi connectivity index (χ3n) is 5.54. The average molecular weight is 460 g/mol. The van der Waals surface area contributed by atoms with E-state index in [4.69, 9.17) is 21.1 Å². The Morgan fingerprint density at radius 1 is 1.25 bits per heavy atom. The van der Waals surface area contributed by atoms with Crippen molar-refractivity contribution in [2.75, 3.05) is 39.1 Å². The van der Waals surface area contributed by atoms with Gasteiger partial charge in [0.25, 0.3) is 0 Å². The number of anilines is 2. The SMILES string of the molecule is COc1cc2ncnc(Nc3cccc(Cl)c3F)c2cc1OC(=O)N1CCN(C)[C@@H](C)C1. The van der Waals surface area contributed by atoms with Crippen molar-refractivity contribution in [1.82, 2.24) is 19.8 Å². The molecule has 1 amide bonds.